The third-order valence-electron chi connectivity index (χ3n) is 5.59. The highest BCUT2D eigenvalue weighted by molar-refractivity contribution is 7.92. The number of pyridine rings is 1. The van der Waals surface area contributed by atoms with Crippen LogP contribution in [0.15, 0.2) is 41.3 Å². The Kier molecular flexibility index (Phi) is 5.63. The van der Waals surface area contributed by atoms with Gasteiger partial charge in [0.2, 0.25) is 0 Å². The minimum atomic E-state index is -3.09. The number of sulfone groups is 1. The quantitative estimate of drug-likeness (QED) is 0.482. The first kappa shape index (κ1) is 23.1. The zero-order valence-corrected chi connectivity index (χ0v) is 19.1. The summed E-state index contributed by atoms with van der Waals surface area (Å²) in [6, 6.07) is 7.03. The lowest BCUT2D eigenvalue weighted by Gasteiger charge is -2.36. The van der Waals surface area contributed by atoms with Gasteiger partial charge in [-0.25, -0.2) is 13.2 Å². The minimum Gasteiger partial charge on any atom is -0.435 e. The van der Waals surface area contributed by atoms with Crippen molar-refractivity contribution in [2.24, 2.45) is 5.41 Å². The van der Waals surface area contributed by atoms with Crippen molar-refractivity contribution in [1.29, 1.82) is 0 Å². The van der Waals surface area contributed by atoms with Gasteiger partial charge in [0.25, 0.3) is 0 Å². The van der Waals surface area contributed by atoms with Gasteiger partial charge in [-0.3, -0.25) is 18.9 Å². The molecule has 0 radical (unpaired) electrons. The number of alkyl halides is 2. The molecule has 1 fully saturated rings. The van der Waals surface area contributed by atoms with Crippen molar-refractivity contribution in [2.75, 3.05) is 11.5 Å². The molecule has 0 N–H and O–H groups in total. The van der Waals surface area contributed by atoms with Crippen molar-refractivity contribution in [1.82, 2.24) is 14.1 Å². The van der Waals surface area contributed by atoms with E-state index in [0.29, 0.717) is 16.7 Å². The predicted molar refractivity (Wildman–Crippen MR) is 118 cm³/mol. The number of carbonyl (C=O) groups is 1. The number of hydrogen-bond acceptors (Lipinski definition) is 6. The summed E-state index contributed by atoms with van der Waals surface area (Å²) in [6.07, 6.45) is 1.42. The van der Waals surface area contributed by atoms with Gasteiger partial charge in [-0.15, -0.1) is 0 Å². The van der Waals surface area contributed by atoms with Crippen molar-refractivity contribution in [3.8, 4) is 11.4 Å². The average molecular weight is 480 g/mol. The number of aromatic nitrogens is 3. The SMILES string of the molecule is CC(C)n1c(=O)n(-c2cccc(OC(F)F)c2)c2cnc(C(=O)CC3(C)CS(=O)(=O)C3)cc21. The lowest BCUT2D eigenvalue weighted by molar-refractivity contribution is -0.0498. The molecule has 4 rings (SSSR count). The van der Waals surface area contributed by atoms with Crippen LogP contribution in [0.25, 0.3) is 16.7 Å². The van der Waals surface area contributed by atoms with E-state index in [4.69, 9.17) is 0 Å². The van der Waals surface area contributed by atoms with Crippen LogP contribution in [0.3, 0.4) is 0 Å². The Hall–Kier alpha value is -3.08. The number of rotatable bonds is 7. The van der Waals surface area contributed by atoms with E-state index < -0.39 is 27.6 Å². The molecule has 33 heavy (non-hydrogen) atoms. The second-order valence-electron chi connectivity index (χ2n) is 8.96. The van der Waals surface area contributed by atoms with Gasteiger partial charge >= 0.3 is 12.3 Å². The number of nitrogens with zero attached hydrogens (tertiary/aromatic N) is 3. The van der Waals surface area contributed by atoms with Crippen LogP contribution < -0.4 is 10.4 Å². The highest BCUT2D eigenvalue weighted by Crippen LogP contribution is 2.36. The highest BCUT2D eigenvalue weighted by atomic mass is 32.2. The van der Waals surface area contributed by atoms with Crippen LogP contribution in [0.5, 0.6) is 5.75 Å². The second-order valence-corrected chi connectivity index (χ2v) is 11.0. The van der Waals surface area contributed by atoms with E-state index >= 15 is 0 Å². The lowest BCUT2D eigenvalue weighted by Crippen LogP contribution is -2.47. The van der Waals surface area contributed by atoms with Crippen molar-refractivity contribution >= 4 is 26.7 Å². The zero-order chi connectivity index (χ0) is 24.1. The van der Waals surface area contributed by atoms with E-state index in [1.165, 1.54) is 39.6 Å². The first-order valence-electron chi connectivity index (χ1n) is 10.3. The van der Waals surface area contributed by atoms with Gasteiger partial charge in [-0.2, -0.15) is 8.78 Å². The van der Waals surface area contributed by atoms with Crippen LogP contribution in [0.4, 0.5) is 8.78 Å². The molecule has 0 atom stereocenters. The number of carbonyl (C=O) groups excluding carboxylic acids is 1. The molecule has 0 aliphatic carbocycles. The van der Waals surface area contributed by atoms with Crippen molar-refractivity contribution in [2.45, 2.75) is 39.8 Å². The number of fused-ring (bicyclic) bond motifs is 1. The molecule has 2 aromatic heterocycles. The van der Waals surface area contributed by atoms with Crippen LogP contribution in [0.2, 0.25) is 0 Å². The molecule has 176 valence electrons. The standard InChI is InChI=1S/C22H23F2N3O5S/c1-13(2)26-17-8-16(19(28)9-22(3)11-33(30,31)12-22)25-10-18(17)27(21(26)29)14-5-4-6-15(7-14)32-20(23)24/h4-8,10,13,20H,9,11-12H2,1-3H3. The summed E-state index contributed by atoms with van der Waals surface area (Å²) in [5, 5.41) is 0. The third-order valence-corrected chi connectivity index (χ3v) is 7.86. The monoisotopic (exact) mass is 479 g/mol. The molecule has 1 aromatic carbocycles. The summed E-state index contributed by atoms with van der Waals surface area (Å²) in [5.74, 6) is -0.489. The van der Waals surface area contributed by atoms with Crippen LogP contribution >= 0.6 is 0 Å². The molecule has 1 aliphatic heterocycles. The smallest absolute Gasteiger partial charge is 0.387 e. The maximum absolute atomic E-state index is 13.3. The molecule has 1 saturated heterocycles. The van der Waals surface area contributed by atoms with Crippen LogP contribution in [0.1, 0.15) is 43.7 Å². The van der Waals surface area contributed by atoms with Crippen LogP contribution in [-0.4, -0.2) is 46.4 Å². The van der Waals surface area contributed by atoms with Gasteiger partial charge in [0.1, 0.15) is 11.4 Å². The number of ether oxygens (including phenoxy) is 1. The molecule has 3 aromatic rings. The van der Waals surface area contributed by atoms with Crippen molar-refractivity contribution in [3.05, 3.63) is 52.7 Å². The maximum Gasteiger partial charge on any atom is 0.387 e. The molecule has 8 nitrogen and oxygen atoms in total. The summed E-state index contributed by atoms with van der Waals surface area (Å²) in [4.78, 5) is 30.4. The van der Waals surface area contributed by atoms with E-state index in [2.05, 4.69) is 9.72 Å². The van der Waals surface area contributed by atoms with E-state index in [9.17, 15) is 26.8 Å². The summed E-state index contributed by atoms with van der Waals surface area (Å²) in [7, 11) is -3.09. The number of hydrogen-bond donors (Lipinski definition) is 0. The molecular formula is C22H23F2N3O5S. The van der Waals surface area contributed by atoms with E-state index in [-0.39, 0.29) is 41.2 Å². The number of imidazole rings is 1. The van der Waals surface area contributed by atoms with Crippen LogP contribution in [0, 0.1) is 5.41 Å². The Balaban J connectivity index is 1.78. The molecule has 11 heteroatoms. The molecule has 3 heterocycles. The molecule has 0 unspecified atom stereocenters. The molecule has 0 spiro atoms. The summed E-state index contributed by atoms with van der Waals surface area (Å²) < 4.78 is 55.7. The fourth-order valence-electron chi connectivity index (χ4n) is 4.42. The molecule has 0 amide bonds. The van der Waals surface area contributed by atoms with Gasteiger partial charge in [0, 0.05) is 23.9 Å². The van der Waals surface area contributed by atoms with E-state index in [0.717, 1.165) is 0 Å². The normalized spacial score (nSPS) is 16.8. The van der Waals surface area contributed by atoms with Crippen molar-refractivity contribution < 1.29 is 26.7 Å². The number of ketones is 1. The van der Waals surface area contributed by atoms with Gasteiger partial charge in [0.05, 0.1) is 34.4 Å². The Morgan fingerprint density at radius 2 is 1.91 bits per heavy atom. The van der Waals surface area contributed by atoms with Gasteiger partial charge in [-0.05, 0) is 32.0 Å². The minimum absolute atomic E-state index is 0.0321. The van der Waals surface area contributed by atoms with Crippen molar-refractivity contribution in [3.63, 3.8) is 0 Å². The fourth-order valence-corrected chi connectivity index (χ4v) is 6.66. The lowest BCUT2D eigenvalue weighted by atomic mass is 9.87. The Bertz CT molecular complexity index is 1400. The number of halogens is 2. The summed E-state index contributed by atoms with van der Waals surface area (Å²) >= 11 is 0. The first-order valence-corrected chi connectivity index (χ1v) is 12.1. The topological polar surface area (TPSA) is 100 Å². The molecule has 1 aliphatic rings. The van der Waals surface area contributed by atoms with Gasteiger partial charge in [0.15, 0.2) is 15.6 Å². The molecular weight excluding hydrogens is 456 g/mol. The summed E-state index contributed by atoms with van der Waals surface area (Å²) in [6.45, 7) is 2.36. The molecule has 0 saturated carbocycles. The Labute approximate surface area is 188 Å². The average Bonchev–Trinajstić information content (AvgIpc) is 2.96. The van der Waals surface area contributed by atoms with E-state index in [1.807, 2.05) is 13.8 Å². The molecule has 0 bridgehead atoms. The number of benzene rings is 1. The predicted octanol–water partition coefficient (Wildman–Crippen LogP) is 3.38. The zero-order valence-electron chi connectivity index (χ0n) is 18.3. The Morgan fingerprint density at radius 1 is 1.21 bits per heavy atom. The highest BCUT2D eigenvalue weighted by Gasteiger charge is 2.46. The number of Topliss-reactive ketones (excluding diaryl/α,β-unsaturated/α-hetero) is 1. The van der Waals surface area contributed by atoms with Gasteiger partial charge in [-0.1, -0.05) is 13.0 Å². The third kappa shape index (κ3) is 4.41. The maximum atomic E-state index is 13.3. The van der Waals surface area contributed by atoms with Crippen LogP contribution in [-0.2, 0) is 9.84 Å². The first-order chi connectivity index (χ1) is 15.4. The Morgan fingerprint density at radius 3 is 2.52 bits per heavy atom. The largest absolute Gasteiger partial charge is 0.435 e. The van der Waals surface area contributed by atoms with E-state index in [1.54, 1.807) is 13.0 Å². The fraction of sp³-hybridized carbons (Fsp3) is 0.409. The van der Waals surface area contributed by atoms with Gasteiger partial charge < -0.3 is 4.74 Å². The summed E-state index contributed by atoms with van der Waals surface area (Å²) in [5.41, 5.74) is 0.265. The second kappa shape index (κ2) is 8.05.